The number of anilines is 1. The highest BCUT2D eigenvalue weighted by Crippen LogP contribution is 2.25. The van der Waals surface area contributed by atoms with Crippen molar-refractivity contribution in [3.8, 4) is 0 Å². The third kappa shape index (κ3) is 2.71. The summed E-state index contributed by atoms with van der Waals surface area (Å²) in [4.78, 5) is 8.54. The van der Waals surface area contributed by atoms with E-state index in [0.717, 1.165) is 29.1 Å². The normalized spacial score (nSPS) is 24.7. The van der Waals surface area contributed by atoms with Crippen LogP contribution in [-0.4, -0.2) is 29.2 Å². The molecule has 4 nitrogen and oxygen atoms in total. The van der Waals surface area contributed by atoms with Gasteiger partial charge in [-0.1, -0.05) is 0 Å². The van der Waals surface area contributed by atoms with Crippen LogP contribution in [0.3, 0.4) is 0 Å². The molecule has 0 amide bonds. The zero-order valence-electron chi connectivity index (χ0n) is 9.53. The standard InChI is InChI=1S/C11H16BrN3O/c1-7-13-10(12)6-11(14-7)15-8-4-3-5-9(8)16-2/h6,8-9H,3-5H2,1-2H3,(H,13,14,15). The molecule has 1 aromatic rings. The Morgan fingerprint density at radius 3 is 2.94 bits per heavy atom. The maximum atomic E-state index is 5.44. The molecule has 2 unspecified atom stereocenters. The molecule has 1 aromatic heterocycles. The summed E-state index contributed by atoms with van der Waals surface area (Å²) < 4.78 is 6.25. The number of ether oxygens (including phenoxy) is 1. The predicted octanol–water partition coefficient (Wildman–Crippen LogP) is 2.53. The summed E-state index contributed by atoms with van der Waals surface area (Å²) in [5, 5.41) is 3.42. The molecular formula is C11H16BrN3O. The van der Waals surface area contributed by atoms with Crippen LogP contribution in [0, 0.1) is 6.92 Å². The van der Waals surface area contributed by atoms with Gasteiger partial charge in [-0.25, -0.2) is 9.97 Å². The van der Waals surface area contributed by atoms with Crippen LogP contribution in [0.1, 0.15) is 25.1 Å². The monoisotopic (exact) mass is 285 g/mol. The second-order valence-corrected chi connectivity index (χ2v) is 4.89. The number of aromatic nitrogens is 2. The number of hydrogen-bond acceptors (Lipinski definition) is 4. The smallest absolute Gasteiger partial charge is 0.131 e. The summed E-state index contributed by atoms with van der Waals surface area (Å²) in [5.74, 6) is 1.64. The van der Waals surface area contributed by atoms with Crippen LogP contribution in [0.25, 0.3) is 0 Å². The SMILES string of the molecule is COC1CCCC1Nc1cc(Br)nc(C)n1. The fourth-order valence-corrected chi connectivity index (χ4v) is 2.64. The van der Waals surface area contributed by atoms with Gasteiger partial charge in [-0.05, 0) is 42.1 Å². The first-order valence-corrected chi connectivity index (χ1v) is 6.29. The van der Waals surface area contributed by atoms with Gasteiger partial charge in [-0.2, -0.15) is 0 Å². The number of rotatable bonds is 3. The summed E-state index contributed by atoms with van der Waals surface area (Å²) in [6, 6.07) is 2.27. The fourth-order valence-electron chi connectivity index (χ4n) is 2.17. The Labute approximate surface area is 104 Å². The Bertz CT molecular complexity index is 352. The van der Waals surface area contributed by atoms with Gasteiger partial charge in [0, 0.05) is 13.2 Å². The summed E-state index contributed by atoms with van der Waals surface area (Å²) in [5.41, 5.74) is 0. The van der Waals surface area contributed by atoms with Gasteiger partial charge in [0.15, 0.2) is 0 Å². The number of methoxy groups -OCH3 is 1. The molecule has 1 saturated carbocycles. The number of nitrogens with zero attached hydrogens (tertiary/aromatic N) is 2. The number of halogens is 1. The van der Waals surface area contributed by atoms with Crippen LogP contribution in [-0.2, 0) is 4.74 Å². The highest BCUT2D eigenvalue weighted by molar-refractivity contribution is 9.10. The Morgan fingerprint density at radius 1 is 1.44 bits per heavy atom. The topological polar surface area (TPSA) is 47.0 Å². The first kappa shape index (κ1) is 11.8. The van der Waals surface area contributed by atoms with Crippen molar-refractivity contribution in [1.82, 2.24) is 9.97 Å². The van der Waals surface area contributed by atoms with Crippen LogP contribution < -0.4 is 5.32 Å². The van der Waals surface area contributed by atoms with Gasteiger partial charge in [0.2, 0.25) is 0 Å². The van der Waals surface area contributed by atoms with E-state index in [-0.39, 0.29) is 0 Å². The summed E-state index contributed by atoms with van der Waals surface area (Å²) in [7, 11) is 1.77. The quantitative estimate of drug-likeness (QED) is 0.867. The van der Waals surface area contributed by atoms with Crippen LogP contribution in [0.5, 0.6) is 0 Å². The Kier molecular flexibility index (Phi) is 3.76. The first-order chi connectivity index (χ1) is 7.69. The second-order valence-electron chi connectivity index (χ2n) is 4.08. The average Bonchev–Trinajstić information content (AvgIpc) is 2.63. The zero-order chi connectivity index (χ0) is 11.5. The molecule has 0 bridgehead atoms. The van der Waals surface area contributed by atoms with Crippen LogP contribution in [0.4, 0.5) is 5.82 Å². The molecule has 0 aromatic carbocycles. The number of aryl methyl sites for hydroxylation is 1. The van der Waals surface area contributed by atoms with Crippen LogP contribution in [0.15, 0.2) is 10.7 Å². The molecular weight excluding hydrogens is 270 g/mol. The molecule has 5 heteroatoms. The van der Waals surface area contributed by atoms with Gasteiger partial charge in [0.05, 0.1) is 12.1 Å². The lowest BCUT2D eigenvalue weighted by Gasteiger charge is -2.20. The molecule has 0 aliphatic heterocycles. The van der Waals surface area contributed by atoms with E-state index in [0.29, 0.717) is 12.1 Å². The van der Waals surface area contributed by atoms with Crippen molar-refractivity contribution in [3.05, 3.63) is 16.5 Å². The molecule has 16 heavy (non-hydrogen) atoms. The maximum Gasteiger partial charge on any atom is 0.131 e. The summed E-state index contributed by atoms with van der Waals surface area (Å²) in [6.45, 7) is 1.89. The predicted molar refractivity (Wildman–Crippen MR) is 66.5 cm³/mol. The maximum absolute atomic E-state index is 5.44. The largest absolute Gasteiger partial charge is 0.379 e. The van der Waals surface area contributed by atoms with Gasteiger partial charge in [-0.15, -0.1) is 0 Å². The molecule has 2 rings (SSSR count). The zero-order valence-corrected chi connectivity index (χ0v) is 11.1. The number of nitrogens with one attached hydrogen (secondary N) is 1. The lowest BCUT2D eigenvalue weighted by atomic mass is 10.2. The molecule has 88 valence electrons. The molecule has 1 aliphatic rings. The van der Waals surface area contributed by atoms with E-state index in [1.165, 1.54) is 6.42 Å². The molecule has 1 fully saturated rings. The van der Waals surface area contributed by atoms with Crippen LogP contribution in [0.2, 0.25) is 0 Å². The second kappa shape index (κ2) is 5.10. The molecule has 1 heterocycles. The number of hydrogen-bond donors (Lipinski definition) is 1. The highest BCUT2D eigenvalue weighted by Gasteiger charge is 2.27. The van der Waals surface area contributed by atoms with Gasteiger partial charge in [0.1, 0.15) is 16.2 Å². The van der Waals surface area contributed by atoms with E-state index >= 15 is 0 Å². The summed E-state index contributed by atoms with van der Waals surface area (Å²) >= 11 is 3.37. The van der Waals surface area contributed by atoms with Crippen molar-refractivity contribution >= 4 is 21.7 Å². The minimum Gasteiger partial charge on any atom is -0.379 e. The third-order valence-corrected chi connectivity index (χ3v) is 3.30. The van der Waals surface area contributed by atoms with E-state index < -0.39 is 0 Å². The molecule has 1 aliphatic carbocycles. The highest BCUT2D eigenvalue weighted by atomic mass is 79.9. The molecule has 1 N–H and O–H groups in total. The van der Waals surface area contributed by atoms with E-state index in [4.69, 9.17) is 4.74 Å². The van der Waals surface area contributed by atoms with Gasteiger partial charge >= 0.3 is 0 Å². The lowest BCUT2D eigenvalue weighted by Crippen LogP contribution is -2.30. The van der Waals surface area contributed by atoms with Crippen molar-refractivity contribution in [2.24, 2.45) is 0 Å². The minimum absolute atomic E-state index is 0.300. The van der Waals surface area contributed by atoms with Crippen molar-refractivity contribution < 1.29 is 4.74 Å². The lowest BCUT2D eigenvalue weighted by molar-refractivity contribution is 0.101. The van der Waals surface area contributed by atoms with E-state index in [1.54, 1.807) is 7.11 Å². The Hall–Kier alpha value is -0.680. The third-order valence-electron chi connectivity index (χ3n) is 2.90. The fraction of sp³-hybridized carbons (Fsp3) is 0.636. The Balaban J connectivity index is 2.08. The molecule has 0 spiro atoms. The minimum atomic E-state index is 0.300. The van der Waals surface area contributed by atoms with Crippen molar-refractivity contribution in [3.63, 3.8) is 0 Å². The first-order valence-electron chi connectivity index (χ1n) is 5.49. The van der Waals surface area contributed by atoms with Gasteiger partial charge in [-0.3, -0.25) is 0 Å². The van der Waals surface area contributed by atoms with Crippen LogP contribution >= 0.6 is 15.9 Å². The molecule has 0 radical (unpaired) electrons. The Morgan fingerprint density at radius 2 is 2.25 bits per heavy atom. The molecule has 0 saturated heterocycles. The van der Waals surface area contributed by atoms with E-state index in [2.05, 4.69) is 31.2 Å². The summed E-state index contributed by atoms with van der Waals surface area (Å²) in [6.07, 6.45) is 3.77. The van der Waals surface area contributed by atoms with Crippen molar-refractivity contribution in [1.29, 1.82) is 0 Å². The van der Waals surface area contributed by atoms with Crippen molar-refractivity contribution in [2.45, 2.75) is 38.3 Å². The average molecular weight is 286 g/mol. The van der Waals surface area contributed by atoms with Gasteiger partial charge < -0.3 is 10.1 Å². The van der Waals surface area contributed by atoms with Crippen molar-refractivity contribution in [2.75, 3.05) is 12.4 Å². The van der Waals surface area contributed by atoms with Gasteiger partial charge in [0.25, 0.3) is 0 Å². The van der Waals surface area contributed by atoms with E-state index in [9.17, 15) is 0 Å². The van der Waals surface area contributed by atoms with E-state index in [1.807, 2.05) is 13.0 Å². The molecule has 2 atom stereocenters.